The van der Waals surface area contributed by atoms with Crippen LogP contribution in [-0.2, 0) is 14.8 Å². The predicted octanol–water partition coefficient (Wildman–Crippen LogP) is 0.744. The zero-order valence-corrected chi connectivity index (χ0v) is 9.93. The number of sulfonamides is 1. The fourth-order valence-corrected chi connectivity index (χ4v) is 1.95. The number of nitrogens with zero attached hydrogens (tertiary/aromatic N) is 1. The maximum absolute atomic E-state index is 11.3. The Morgan fingerprint density at radius 1 is 1.69 bits per heavy atom. The molecule has 6 heteroatoms. The van der Waals surface area contributed by atoms with Crippen molar-refractivity contribution in [2.24, 2.45) is 0 Å². The van der Waals surface area contributed by atoms with Crippen molar-refractivity contribution in [1.29, 1.82) is 0 Å². The Bertz CT molecular complexity index is 297. The third-order valence-corrected chi connectivity index (χ3v) is 2.80. The first-order chi connectivity index (χ1) is 5.80. The lowest BCUT2D eigenvalue weighted by molar-refractivity contribution is -0.125. The van der Waals surface area contributed by atoms with E-state index in [-0.39, 0.29) is 6.54 Å². The molecule has 0 saturated carbocycles. The van der Waals surface area contributed by atoms with Crippen LogP contribution in [0.25, 0.3) is 0 Å². The summed E-state index contributed by atoms with van der Waals surface area (Å²) in [7, 11) is -3.49. The molecule has 0 saturated heterocycles. The van der Waals surface area contributed by atoms with Crippen molar-refractivity contribution in [2.45, 2.75) is 11.8 Å². The smallest absolute Gasteiger partial charge is 0.249 e. The van der Waals surface area contributed by atoms with E-state index in [0.29, 0.717) is 0 Å². The monoisotopic (exact) mass is 269 g/mol. The van der Waals surface area contributed by atoms with Gasteiger partial charge in [-0.1, -0.05) is 22.0 Å². The van der Waals surface area contributed by atoms with E-state index in [1.807, 2.05) is 0 Å². The SMILES string of the molecule is C=CCN(C(=O)C(C)Br)S(C)(=O)=O. The Hall–Kier alpha value is -0.360. The van der Waals surface area contributed by atoms with Crippen LogP contribution in [0.1, 0.15) is 6.92 Å². The minimum Gasteiger partial charge on any atom is -0.273 e. The topological polar surface area (TPSA) is 54.5 Å². The summed E-state index contributed by atoms with van der Waals surface area (Å²) >= 11 is 3.01. The predicted molar refractivity (Wildman–Crippen MR) is 55.1 cm³/mol. The van der Waals surface area contributed by atoms with Gasteiger partial charge in [0.2, 0.25) is 15.9 Å². The van der Waals surface area contributed by atoms with Crippen LogP contribution in [0.3, 0.4) is 0 Å². The molecule has 0 N–H and O–H groups in total. The van der Waals surface area contributed by atoms with Crippen molar-refractivity contribution < 1.29 is 13.2 Å². The molecule has 0 aromatic rings. The first kappa shape index (κ1) is 12.6. The highest BCUT2D eigenvalue weighted by Crippen LogP contribution is 2.07. The second-order valence-electron chi connectivity index (χ2n) is 2.54. The lowest BCUT2D eigenvalue weighted by atomic mass is 10.4. The van der Waals surface area contributed by atoms with Crippen molar-refractivity contribution in [2.75, 3.05) is 12.8 Å². The molecule has 0 aliphatic carbocycles. The Balaban J connectivity index is 4.83. The average Bonchev–Trinajstić information content (AvgIpc) is 1.96. The molecule has 0 spiro atoms. The summed E-state index contributed by atoms with van der Waals surface area (Å²) in [6.45, 7) is 4.96. The molecule has 4 nitrogen and oxygen atoms in total. The molecule has 0 rings (SSSR count). The van der Waals surface area contributed by atoms with Crippen LogP contribution in [0.4, 0.5) is 0 Å². The fourth-order valence-electron chi connectivity index (χ4n) is 0.704. The molecule has 0 radical (unpaired) electrons. The highest BCUT2D eigenvalue weighted by molar-refractivity contribution is 9.10. The van der Waals surface area contributed by atoms with E-state index < -0.39 is 20.8 Å². The number of alkyl halides is 1. The number of hydrogen-bond acceptors (Lipinski definition) is 3. The van der Waals surface area contributed by atoms with Gasteiger partial charge in [0.15, 0.2) is 0 Å². The van der Waals surface area contributed by atoms with Crippen molar-refractivity contribution in [3.8, 4) is 0 Å². The van der Waals surface area contributed by atoms with Gasteiger partial charge in [0.1, 0.15) is 0 Å². The van der Waals surface area contributed by atoms with Gasteiger partial charge in [-0.25, -0.2) is 12.7 Å². The van der Waals surface area contributed by atoms with Crippen LogP contribution in [-0.4, -0.2) is 36.3 Å². The van der Waals surface area contributed by atoms with Gasteiger partial charge >= 0.3 is 0 Å². The Kier molecular flexibility index (Phi) is 4.63. The Labute approximate surface area is 86.8 Å². The second-order valence-corrected chi connectivity index (χ2v) is 5.82. The zero-order valence-electron chi connectivity index (χ0n) is 7.53. The molecule has 0 aromatic heterocycles. The third kappa shape index (κ3) is 3.91. The highest BCUT2D eigenvalue weighted by Gasteiger charge is 2.24. The molecular weight excluding hydrogens is 258 g/mol. The van der Waals surface area contributed by atoms with E-state index >= 15 is 0 Å². The molecule has 0 aliphatic heterocycles. The molecule has 0 aliphatic rings. The second kappa shape index (κ2) is 4.76. The minimum atomic E-state index is -3.49. The normalized spacial score (nSPS) is 13.5. The number of halogens is 1. The Morgan fingerprint density at radius 3 is 2.38 bits per heavy atom. The van der Waals surface area contributed by atoms with E-state index in [0.717, 1.165) is 10.6 Å². The van der Waals surface area contributed by atoms with Crippen LogP contribution in [0.2, 0.25) is 0 Å². The van der Waals surface area contributed by atoms with E-state index in [1.54, 1.807) is 6.92 Å². The molecule has 0 aromatic carbocycles. The van der Waals surface area contributed by atoms with Gasteiger partial charge in [0.05, 0.1) is 17.6 Å². The van der Waals surface area contributed by atoms with Crippen LogP contribution in [0.15, 0.2) is 12.7 Å². The third-order valence-electron chi connectivity index (χ3n) is 1.28. The molecular formula is C7H12BrNO3S. The standard InChI is InChI=1S/C7H12BrNO3S/c1-4-5-9(13(3,11)12)7(10)6(2)8/h4,6H,1,5H2,2-3H3. The maximum Gasteiger partial charge on any atom is 0.249 e. The lowest BCUT2D eigenvalue weighted by Crippen LogP contribution is -2.39. The number of rotatable bonds is 4. The van der Waals surface area contributed by atoms with E-state index in [1.165, 1.54) is 6.08 Å². The quantitative estimate of drug-likeness (QED) is 0.559. The summed E-state index contributed by atoms with van der Waals surface area (Å²) in [5, 5.41) is 0. The molecule has 1 unspecified atom stereocenters. The Morgan fingerprint density at radius 2 is 2.15 bits per heavy atom. The summed E-state index contributed by atoms with van der Waals surface area (Å²) in [5.41, 5.74) is 0. The van der Waals surface area contributed by atoms with Gasteiger partial charge in [-0.15, -0.1) is 6.58 Å². The van der Waals surface area contributed by atoms with Crippen molar-refractivity contribution in [3.63, 3.8) is 0 Å². The summed E-state index contributed by atoms with van der Waals surface area (Å²) in [6.07, 6.45) is 2.36. The van der Waals surface area contributed by atoms with Gasteiger partial charge in [0.25, 0.3) is 0 Å². The molecule has 0 bridgehead atoms. The number of hydrogen-bond donors (Lipinski definition) is 0. The van der Waals surface area contributed by atoms with Crippen molar-refractivity contribution >= 4 is 31.9 Å². The fraction of sp³-hybridized carbons (Fsp3) is 0.571. The maximum atomic E-state index is 11.3. The van der Waals surface area contributed by atoms with E-state index in [2.05, 4.69) is 22.5 Å². The number of carbonyl (C=O) groups excluding carboxylic acids is 1. The van der Waals surface area contributed by atoms with Gasteiger partial charge in [0, 0.05) is 0 Å². The van der Waals surface area contributed by atoms with E-state index in [4.69, 9.17) is 0 Å². The van der Waals surface area contributed by atoms with Gasteiger partial charge in [-0.3, -0.25) is 4.79 Å². The molecule has 1 atom stereocenters. The summed E-state index contributed by atoms with van der Waals surface area (Å²) in [4.78, 5) is 10.8. The van der Waals surface area contributed by atoms with Crippen LogP contribution in [0, 0.1) is 0 Å². The first-order valence-corrected chi connectivity index (χ1v) is 6.33. The average molecular weight is 270 g/mol. The van der Waals surface area contributed by atoms with Gasteiger partial charge in [-0.05, 0) is 6.92 Å². The van der Waals surface area contributed by atoms with Crippen molar-refractivity contribution in [3.05, 3.63) is 12.7 Å². The minimum absolute atomic E-state index is 0.00755. The molecule has 0 fully saturated rings. The van der Waals surface area contributed by atoms with Crippen molar-refractivity contribution in [1.82, 2.24) is 4.31 Å². The molecule has 1 amide bonds. The van der Waals surface area contributed by atoms with Crippen LogP contribution < -0.4 is 0 Å². The van der Waals surface area contributed by atoms with Gasteiger partial charge in [-0.2, -0.15) is 0 Å². The van der Waals surface area contributed by atoms with Gasteiger partial charge < -0.3 is 0 Å². The zero-order chi connectivity index (χ0) is 10.6. The largest absolute Gasteiger partial charge is 0.273 e. The molecule has 13 heavy (non-hydrogen) atoms. The molecule has 0 heterocycles. The summed E-state index contributed by atoms with van der Waals surface area (Å²) in [5.74, 6) is -0.484. The lowest BCUT2D eigenvalue weighted by Gasteiger charge is -2.19. The van der Waals surface area contributed by atoms with Crippen LogP contribution >= 0.6 is 15.9 Å². The number of amides is 1. The van der Waals surface area contributed by atoms with E-state index in [9.17, 15) is 13.2 Å². The summed E-state index contributed by atoms with van der Waals surface area (Å²) in [6, 6.07) is 0. The highest BCUT2D eigenvalue weighted by atomic mass is 79.9. The number of carbonyl (C=O) groups is 1. The van der Waals surface area contributed by atoms with Crippen LogP contribution in [0.5, 0.6) is 0 Å². The molecule has 76 valence electrons. The summed E-state index contributed by atoms with van der Waals surface area (Å²) < 4.78 is 23.0. The first-order valence-electron chi connectivity index (χ1n) is 3.57.